The topological polar surface area (TPSA) is 66.0 Å². The molecule has 2 aromatic rings. The predicted octanol–water partition coefficient (Wildman–Crippen LogP) is 2.62. The molecule has 0 saturated carbocycles. The fraction of sp³-hybridized carbons (Fsp3) is 0.381. The molecule has 0 spiro atoms. The maximum absolute atomic E-state index is 12.5. The van der Waals surface area contributed by atoms with Crippen LogP contribution >= 0.6 is 0 Å². The lowest BCUT2D eigenvalue weighted by Crippen LogP contribution is -2.38. The minimum Gasteiger partial charge on any atom is -0.497 e. The van der Waals surface area contributed by atoms with Gasteiger partial charge in [-0.2, -0.15) is 0 Å². The van der Waals surface area contributed by atoms with Gasteiger partial charge in [-0.25, -0.2) is 0 Å². The summed E-state index contributed by atoms with van der Waals surface area (Å²) in [6.07, 6.45) is 1.36. The van der Waals surface area contributed by atoms with Gasteiger partial charge >= 0.3 is 0 Å². The molecule has 27 heavy (non-hydrogen) atoms. The first-order valence-electron chi connectivity index (χ1n) is 8.93. The number of nitrogens with one attached hydrogen (secondary N) is 1. The highest BCUT2D eigenvalue weighted by molar-refractivity contribution is 5.79. The number of methoxy groups -OCH3 is 3. The summed E-state index contributed by atoms with van der Waals surface area (Å²) < 4.78 is 21.5. The van der Waals surface area contributed by atoms with Crippen LogP contribution in [0.4, 0.5) is 0 Å². The zero-order valence-corrected chi connectivity index (χ0v) is 15.9. The van der Waals surface area contributed by atoms with Crippen molar-refractivity contribution in [3.63, 3.8) is 0 Å². The van der Waals surface area contributed by atoms with Gasteiger partial charge in [0.2, 0.25) is 5.91 Å². The van der Waals surface area contributed by atoms with Gasteiger partial charge in [0.25, 0.3) is 0 Å². The number of hydrogen-bond acceptors (Lipinski definition) is 5. The number of carbonyl (C=O) groups excluding carboxylic acids is 1. The Hall–Kier alpha value is -2.89. The molecule has 1 aliphatic rings. The molecule has 0 saturated heterocycles. The van der Waals surface area contributed by atoms with E-state index in [2.05, 4.69) is 5.32 Å². The summed E-state index contributed by atoms with van der Waals surface area (Å²) in [5.41, 5.74) is 2.07. The Kier molecular flexibility index (Phi) is 6.06. The molecular formula is C21H25NO5. The van der Waals surface area contributed by atoms with Crippen LogP contribution in [0.3, 0.4) is 0 Å². The molecule has 1 heterocycles. The lowest BCUT2D eigenvalue weighted by Gasteiger charge is -2.25. The molecule has 2 aromatic carbocycles. The van der Waals surface area contributed by atoms with Crippen LogP contribution in [0, 0.1) is 5.92 Å². The standard InChI is InChI=1S/C21H25NO5/c1-24-17-5-7-18-15(12-17)11-16(13-27-18)21(23)22-9-8-14-4-6-19(25-2)20(10-14)26-3/h4-7,10,12,16H,8-9,11,13H2,1-3H3,(H,22,23)/t16-/m1/s1. The lowest BCUT2D eigenvalue weighted by atomic mass is 9.95. The van der Waals surface area contributed by atoms with Gasteiger partial charge in [-0.05, 0) is 54.3 Å². The summed E-state index contributed by atoms with van der Waals surface area (Å²) in [6, 6.07) is 11.5. The number of amides is 1. The van der Waals surface area contributed by atoms with Crippen LogP contribution in [-0.2, 0) is 17.6 Å². The Morgan fingerprint density at radius 2 is 1.89 bits per heavy atom. The SMILES string of the molecule is COc1ccc2c(c1)C[C@@H](C(=O)NCCc1ccc(OC)c(OC)c1)CO2. The molecule has 1 aliphatic heterocycles. The van der Waals surface area contributed by atoms with E-state index in [1.807, 2.05) is 36.4 Å². The summed E-state index contributed by atoms with van der Waals surface area (Å²) >= 11 is 0. The van der Waals surface area contributed by atoms with Crippen molar-refractivity contribution in [3.05, 3.63) is 47.5 Å². The van der Waals surface area contributed by atoms with Crippen LogP contribution < -0.4 is 24.3 Å². The van der Waals surface area contributed by atoms with Crippen LogP contribution in [0.15, 0.2) is 36.4 Å². The van der Waals surface area contributed by atoms with Gasteiger partial charge in [0.1, 0.15) is 18.1 Å². The van der Waals surface area contributed by atoms with Crippen molar-refractivity contribution >= 4 is 5.91 Å². The van der Waals surface area contributed by atoms with E-state index in [9.17, 15) is 4.79 Å². The fourth-order valence-corrected chi connectivity index (χ4v) is 3.18. The number of carbonyl (C=O) groups is 1. The van der Waals surface area contributed by atoms with Crippen LogP contribution in [-0.4, -0.2) is 40.4 Å². The van der Waals surface area contributed by atoms with Crippen molar-refractivity contribution in [1.29, 1.82) is 0 Å². The monoisotopic (exact) mass is 371 g/mol. The Bertz CT molecular complexity index is 805. The average Bonchev–Trinajstić information content (AvgIpc) is 2.72. The van der Waals surface area contributed by atoms with E-state index in [1.54, 1.807) is 21.3 Å². The third-order valence-corrected chi connectivity index (χ3v) is 4.71. The van der Waals surface area contributed by atoms with Gasteiger partial charge < -0.3 is 24.3 Å². The molecule has 1 amide bonds. The largest absolute Gasteiger partial charge is 0.497 e. The van der Waals surface area contributed by atoms with Crippen molar-refractivity contribution in [2.75, 3.05) is 34.5 Å². The smallest absolute Gasteiger partial charge is 0.226 e. The number of rotatable bonds is 7. The molecule has 6 heteroatoms. The Morgan fingerprint density at radius 3 is 2.63 bits per heavy atom. The van der Waals surface area contributed by atoms with E-state index in [-0.39, 0.29) is 11.8 Å². The average molecular weight is 371 g/mol. The summed E-state index contributed by atoms with van der Waals surface area (Å²) in [5.74, 6) is 2.78. The van der Waals surface area contributed by atoms with Crippen molar-refractivity contribution in [2.24, 2.45) is 5.92 Å². The zero-order valence-electron chi connectivity index (χ0n) is 15.9. The van der Waals surface area contributed by atoms with E-state index >= 15 is 0 Å². The molecule has 0 fully saturated rings. The van der Waals surface area contributed by atoms with Crippen LogP contribution in [0.5, 0.6) is 23.0 Å². The third-order valence-electron chi connectivity index (χ3n) is 4.71. The molecule has 0 bridgehead atoms. The summed E-state index contributed by atoms with van der Waals surface area (Å²) in [4.78, 5) is 12.5. The van der Waals surface area contributed by atoms with Gasteiger partial charge in [0, 0.05) is 6.54 Å². The minimum absolute atomic E-state index is 0.00365. The first-order valence-corrected chi connectivity index (χ1v) is 8.93. The molecule has 1 N–H and O–H groups in total. The first-order chi connectivity index (χ1) is 13.1. The lowest BCUT2D eigenvalue weighted by molar-refractivity contribution is -0.126. The molecule has 0 aromatic heterocycles. The van der Waals surface area contributed by atoms with Crippen molar-refractivity contribution < 1.29 is 23.7 Å². The van der Waals surface area contributed by atoms with Crippen LogP contribution in [0.25, 0.3) is 0 Å². The second kappa shape index (κ2) is 8.66. The van der Waals surface area contributed by atoms with E-state index < -0.39 is 0 Å². The molecule has 0 aliphatic carbocycles. The summed E-state index contributed by atoms with van der Waals surface area (Å²) in [7, 11) is 4.85. The third kappa shape index (κ3) is 4.45. The highest BCUT2D eigenvalue weighted by Gasteiger charge is 2.26. The quantitative estimate of drug-likeness (QED) is 0.811. The molecular weight excluding hydrogens is 346 g/mol. The van der Waals surface area contributed by atoms with Crippen molar-refractivity contribution in [2.45, 2.75) is 12.8 Å². The number of hydrogen-bond donors (Lipinski definition) is 1. The number of fused-ring (bicyclic) bond motifs is 1. The maximum atomic E-state index is 12.5. The van der Waals surface area contributed by atoms with Crippen molar-refractivity contribution in [1.82, 2.24) is 5.32 Å². The second-order valence-corrected chi connectivity index (χ2v) is 6.42. The van der Waals surface area contributed by atoms with Crippen LogP contribution in [0.1, 0.15) is 11.1 Å². The molecule has 0 unspecified atom stereocenters. The van der Waals surface area contributed by atoms with Gasteiger partial charge in [-0.15, -0.1) is 0 Å². The van der Waals surface area contributed by atoms with Gasteiger partial charge in [-0.1, -0.05) is 6.07 Å². The van der Waals surface area contributed by atoms with Crippen LogP contribution in [0.2, 0.25) is 0 Å². The predicted molar refractivity (Wildman–Crippen MR) is 102 cm³/mol. The van der Waals surface area contributed by atoms with Gasteiger partial charge in [0.05, 0.1) is 27.2 Å². The fourth-order valence-electron chi connectivity index (χ4n) is 3.18. The maximum Gasteiger partial charge on any atom is 0.226 e. The Balaban J connectivity index is 1.54. The Labute approximate surface area is 159 Å². The Morgan fingerprint density at radius 1 is 1.07 bits per heavy atom. The normalized spacial score (nSPS) is 15.3. The molecule has 1 atom stereocenters. The second-order valence-electron chi connectivity index (χ2n) is 6.42. The molecule has 3 rings (SSSR count). The number of ether oxygens (including phenoxy) is 4. The zero-order chi connectivity index (χ0) is 19.2. The van der Waals surface area contributed by atoms with E-state index in [4.69, 9.17) is 18.9 Å². The first kappa shape index (κ1) is 18.9. The van der Waals surface area contributed by atoms with Gasteiger partial charge in [0.15, 0.2) is 11.5 Å². The van der Waals surface area contributed by atoms with Crippen molar-refractivity contribution in [3.8, 4) is 23.0 Å². The summed E-state index contributed by atoms with van der Waals surface area (Å²) in [5, 5.41) is 3.00. The molecule has 6 nitrogen and oxygen atoms in total. The van der Waals surface area contributed by atoms with Gasteiger partial charge in [-0.3, -0.25) is 4.79 Å². The molecule has 144 valence electrons. The number of benzene rings is 2. The van der Waals surface area contributed by atoms with E-state index in [1.165, 1.54) is 0 Å². The summed E-state index contributed by atoms with van der Waals surface area (Å²) in [6.45, 7) is 0.942. The minimum atomic E-state index is -0.199. The van der Waals surface area contributed by atoms with E-state index in [0.717, 1.165) is 22.6 Å². The van der Waals surface area contributed by atoms with E-state index in [0.29, 0.717) is 37.5 Å². The molecule has 0 radical (unpaired) electrons. The highest BCUT2D eigenvalue weighted by atomic mass is 16.5. The highest BCUT2D eigenvalue weighted by Crippen LogP contribution is 2.31.